The van der Waals surface area contributed by atoms with E-state index < -0.39 is 10.3 Å². The van der Waals surface area contributed by atoms with Gasteiger partial charge >= 0.3 is 10.3 Å². The van der Waals surface area contributed by atoms with E-state index in [0.717, 1.165) is 0 Å². The van der Waals surface area contributed by atoms with Gasteiger partial charge in [0.15, 0.2) is 0 Å². The van der Waals surface area contributed by atoms with Gasteiger partial charge in [-0.05, 0) is 6.92 Å². The topological polar surface area (TPSA) is 67.8 Å². The van der Waals surface area contributed by atoms with Crippen LogP contribution in [0.4, 0.5) is 0 Å². The van der Waals surface area contributed by atoms with Gasteiger partial charge in [0.1, 0.15) is 5.84 Å². The number of nitrogens with one attached hydrogen (secondary N) is 1. The second-order valence-corrected chi connectivity index (χ2v) is 2.49. The molecule has 1 N–H and O–H groups in total. The highest BCUT2D eigenvalue weighted by atomic mass is 32.2. The van der Waals surface area contributed by atoms with Crippen LogP contribution in [-0.4, -0.2) is 14.3 Å². The van der Waals surface area contributed by atoms with Gasteiger partial charge in [0.2, 0.25) is 0 Å². The molecule has 1 heterocycles. The first-order valence-electron chi connectivity index (χ1n) is 1.86. The maximum absolute atomic E-state index is 10.2. The van der Waals surface area contributed by atoms with Crippen LogP contribution in [0, 0.1) is 0 Å². The van der Waals surface area contributed by atoms with Gasteiger partial charge in [0, 0.05) is 0 Å². The van der Waals surface area contributed by atoms with Gasteiger partial charge < -0.3 is 0 Å². The Kier molecular flexibility index (Phi) is 0.983. The van der Waals surface area contributed by atoms with Crippen molar-refractivity contribution in [1.29, 1.82) is 0 Å². The molecule has 0 saturated heterocycles. The molecular formula is C2H4N2O3S. The largest absolute Gasteiger partial charge is 0.403 e. The summed E-state index contributed by atoms with van der Waals surface area (Å²) < 4.78 is 27.4. The molecule has 1 aliphatic heterocycles. The lowest BCUT2D eigenvalue weighted by atomic mass is 10.7. The second-order valence-electron chi connectivity index (χ2n) is 1.29. The Hall–Kier alpha value is -0.620. The van der Waals surface area contributed by atoms with Crippen molar-refractivity contribution >= 4 is 16.1 Å². The van der Waals surface area contributed by atoms with Gasteiger partial charge in [0.25, 0.3) is 0 Å². The van der Waals surface area contributed by atoms with E-state index in [9.17, 15) is 8.42 Å². The third-order valence-electron chi connectivity index (χ3n) is 0.543. The summed E-state index contributed by atoms with van der Waals surface area (Å²) in [7, 11) is -3.62. The van der Waals surface area contributed by atoms with E-state index in [1.165, 1.54) is 6.92 Å². The van der Waals surface area contributed by atoms with Crippen LogP contribution in [0.2, 0.25) is 0 Å². The summed E-state index contributed by atoms with van der Waals surface area (Å²) in [6.45, 7) is 1.49. The fourth-order valence-corrected chi connectivity index (χ4v) is 0.954. The van der Waals surface area contributed by atoms with Crippen LogP contribution in [-0.2, 0) is 14.6 Å². The Morgan fingerprint density at radius 2 is 2.38 bits per heavy atom. The monoisotopic (exact) mass is 136 g/mol. The molecule has 5 nitrogen and oxygen atoms in total. The van der Waals surface area contributed by atoms with Crippen molar-refractivity contribution in [3.63, 3.8) is 0 Å². The van der Waals surface area contributed by atoms with E-state index in [2.05, 4.69) is 14.2 Å². The van der Waals surface area contributed by atoms with E-state index in [-0.39, 0.29) is 5.84 Å². The number of hydrogen-bond donors (Lipinski definition) is 1. The van der Waals surface area contributed by atoms with Crippen LogP contribution >= 0.6 is 0 Å². The minimum absolute atomic E-state index is 0.255. The normalized spacial score (nSPS) is 24.4. The van der Waals surface area contributed by atoms with E-state index in [4.69, 9.17) is 0 Å². The van der Waals surface area contributed by atoms with Crippen molar-refractivity contribution < 1.29 is 12.7 Å². The molecule has 0 aromatic rings. The standard InChI is InChI=1S/C2H4N2O3S/c1-2-3-7-8(5,6)4-2/h1H3,(H,3,4). The van der Waals surface area contributed by atoms with Crippen LogP contribution in [0.5, 0.6) is 0 Å². The van der Waals surface area contributed by atoms with Crippen molar-refractivity contribution in [3.8, 4) is 0 Å². The summed E-state index contributed by atoms with van der Waals surface area (Å²) in [5, 5.41) is 0. The summed E-state index contributed by atoms with van der Waals surface area (Å²) in [6.07, 6.45) is 0. The smallest absolute Gasteiger partial charge is 0.233 e. The maximum atomic E-state index is 10.2. The average molecular weight is 136 g/mol. The molecule has 0 atom stereocenters. The summed E-state index contributed by atoms with van der Waals surface area (Å²) in [4.78, 5) is 0. The van der Waals surface area contributed by atoms with Gasteiger partial charge in [-0.25, -0.2) is 5.48 Å². The van der Waals surface area contributed by atoms with Gasteiger partial charge in [-0.3, -0.25) is 0 Å². The van der Waals surface area contributed by atoms with Crippen LogP contribution in [0.25, 0.3) is 0 Å². The highest BCUT2D eigenvalue weighted by Gasteiger charge is 2.16. The van der Waals surface area contributed by atoms with E-state index in [1.807, 2.05) is 0 Å². The molecule has 0 spiro atoms. The maximum Gasteiger partial charge on any atom is 0.403 e. The quantitative estimate of drug-likeness (QED) is 0.472. The Morgan fingerprint density at radius 3 is 2.50 bits per heavy atom. The minimum Gasteiger partial charge on any atom is -0.233 e. The highest BCUT2D eigenvalue weighted by Crippen LogP contribution is 1.98. The molecule has 8 heavy (non-hydrogen) atoms. The zero-order valence-corrected chi connectivity index (χ0v) is 4.90. The first-order chi connectivity index (χ1) is 3.60. The molecule has 1 rings (SSSR count). The summed E-state index contributed by atoms with van der Waals surface area (Å²) in [6, 6.07) is 0. The molecular weight excluding hydrogens is 132 g/mol. The Morgan fingerprint density at radius 1 is 1.75 bits per heavy atom. The highest BCUT2D eigenvalue weighted by molar-refractivity contribution is 7.85. The molecule has 0 fully saturated rings. The van der Waals surface area contributed by atoms with Crippen LogP contribution in [0.15, 0.2) is 4.40 Å². The number of rotatable bonds is 0. The van der Waals surface area contributed by atoms with Crippen molar-refractivity contribution in [2.24, 2.45) is 4.40 Å². The fourth-order valence-electron chi connectivity index (χ4n) is 0.318. The number of hydroxylamine groups is 1. The Bertz CT molecular complexity index is 215. The minimum atomic E-state index is -3.62. The average Bonchev–Trinajstić information content (AvgIpc) is 1.82. The molecule has 0 aliphatic carbocycles. The van der Waals surface area contributed by atoms with Crippen LogP contribution < -0.4 is 5.48 Å². The molecule has 46 valence electrons. The van der Waals surface area contributed by atoms with Gasteiger partial charge in [-0.1, -0.05) is 0 Å². The fraction of sp³-hybridized carbons (Fsp3) is 0.500. The van der Waals surface area contributed by atoms with Crippen molar-refractivity contribution in [2.45, 2.75) is 6.92 Å². The number of hydrogen-bond acceptors (Lipinski definition) is 4. The Balaban J connectivity index is 3.00. The molecule has 6 heteroatoms. The Labute approximate surface area is 46.6 Å². The SMILES string of the molecule is CC1=NS(=O)(=O)ON1. The van der Waals surface area contributed by atoms with Crippen molar-refractivity contribution in [1.82, 2.24) is 5.48 Å². The zero-order valence-electron chi connectivity index (χ0n) is 4.08. The summed E-state index contributed by atoms with van der Waals surface area (Å²) in [5.41, 5.74) is 2.07. The molecule has 0 aromatic carbocycles. The molecule has 0 aromatic heterocycles. The van der Waals surface area contributed by atoms with Gasteiger partial charge in [0.05, 0.1) is 0 Å². The third kappa shape index (κ3) is 0.958. The molecule has 0 bridgehead atoms. The predicted octanol–water partition coefficient (Wildman–Crippen LogP) is -0.816. The summed E-state index contributed by atoms with van der Waals surface area (Å²) >= 11 is 0. The molecule has 0 amide bonds. The lowest BCUT2D eigenvalue weighted by Gasteiger charge is -1.84. The van der Waals surface area contributed by atoms with E-state index >= 15 is 0 Å². The van der Waals surface area contributed by atoms with E-state index in [0.29, 0.717) is 0 Å². The number of amidine groups is 1. The number of nitrogens with zero attached hydrogens (tertiary/aromatic N) is 1. The molecule has 0 unspecified atom stereocenters. The van der Waals surface area contributed by atoms with Crippen LogP contribution in [0.3, 0.4) is 0 Å². The van der Waals surface area contributed by atoms with E-state index in [1.54, 1.807) is 0 Å². The van der Waals surface area contributed by atoms with Gasteiger partial charge in [-0.15, -0.1) is 8.68 Å². The molecule has 1 aliphatic rings. The zero-order chi connectivity index (χ0) is 6.20. The van der Waals surface area contributed by atoms with Crippen molar-refractivity contribution in [2.75, 3.05) is 0 Å². The summed E-state index contributed by atoms with van der Waals surface area (Å²) in [5.74, 6) is 0.255. The predicted molar refractivity (Wildman–Crippen MR) is 26.2 cm³/mol. The molecule has 0 saturated carbocycles. The van der Waals surface area contributed by atoms with Crippen molar-refractivity contribution in [3.05, 3.63) is 0 Å². The van der Waals surface area contributed by atoms with Gasteiger partial charge in [-0.2, -0.15) is 8.42 Å². The first kappa shape index (κ1) is 5.52. The second kappa shape index (κ2) is 1.43. The third-order valence-corrected chi connectivity index (χ3v) is 1.33. The molecule has 0 radical (unpaired) electrons. The first-order valence-corrected chi connectivity index (χ1v) is 3.23. The lowest BCUT2D eigenvalue weighted by Crippen LogP contribution is -2.13. The lowest BCUT2D eigenvalue weighted by molar-refractivity contribution is 0.281. The van der Waals surface area contributed by atoms with Crippen LogP contribution in [0.1, 0.15) is 6.92 Å².